The summed E-state index contributed by atoms with van der Waals surface area (Å²) in [6.45, 7) is 12.1. The number of carbonyl (C=O) groups is 3. The first-order valence-electron chi connectivity index (χ1n) is 10.5. The highest BCUT2D eigenvalue weighted by molar-refractivity contribution is 5.91. The normalized spacial score (nSPS) is 20.9. The van der Waals surface area contributed by atoms with Crippen LogP contribution in [0.2, 0.25) is 0 Å². The lowest BCUT2D eigenvalue weighted by atomic mass is 9.84. The zero-order chi connectivity index (χ0) is 22.5. The topological polar surface area (TPSA) is 90.0 Å². The summed E-state index contributed by atoms with van der Waals surface area (Å²) in [5.74, 6) is -1.30. The number of nitrogens with one attached hydrogen (secondary N) is 1. The molecule has 29 heavy (non-hydrogen) atoms. The molecule has 0 bridgehead atoms. The maximum absolute atomic E-state index is 13.4. The van der Waals surface area contributed by atoms with Gasteiger partial charge in [0.1, 0.15) is 6.04 Å². The summed E-state index contributed by atoms with van der Waals surface area (Å²) in [6, 6.07) is -1.30. The summed E-state index contributed by atoms with van der Waals surface area (Å²) < 4.78 is 0. The average molecular weight is 410 g/mol. The van der Waals surface area contributed by atoms with E-state index < -0.39 is 17.4 Å². The Balaban J connectivity index is 3.10. The van der Waals surface area contributed by atoms with E-state index in [0.29, 0.717) is 0 Å². The van der Waals surface area contributed by atoms with Gasteiger partial charge in [-0.15, -0.1) is 0 Å². The predicted octanol–water partition coefficient (Wildman–Crippen LogP) is 2.52. The number of hydrogen-bond acceptors (Lipinski definition) is 4. The maximum atomic E-state index is 13.4. The molecule has 0 aromatic rings. The minimum absolute atomic E-state index is 0.0269. The molecule has 166 valence electrons. The summed E-state index contributed by atoms with van der Waals surface area (Å²) in [5.41, 5.74) is -0.287. The van der Waals surface area contributed by atoms with E-state index in [1.54, 1.807) is 18.0 Å². The molecule has 0 radical (unpaired) electrons. The fourth-order valence-electron chi connectivity index (χ4n) is 3.72. The second kappa shape index (κ2) is 10.2. The van der Waals surface area contributed by atoms with Crippen molar-refractivity contribution in [1.82, 2.24) is 15.1 Å². The lowest BCUT2D eigenvalue weighted by Gasteiger charge is -2.39. The highest BCUT2D eigenvalue weighted by Crippen LogP contribution is 2.25. The number of piperidine rings is 1. The van der Waals surface area contributed by atoms with Crippen LogP contribution in [0.25, 0.3) is 0 Å². The monoisotopic (exact) mass is 409 g/mol. The van der Waals surface area contributed by atoms with Crippen LogP contribution < -0.4 is 5.32 Å². The largest absolute Gasteiger partial charge is 0.478 e. The van der Waals surface area contributed by atoms with Crippen molar-refractivity contribution in [3.05, 3.63) is 11.6 Å². The fourth-order valence-corrected chi connectivity index (χ4v) is 3.72. The Kier molecular flexibility index (Phi) is 8.87. The third-order valence-electron chi connectivity index (χ3n) is 5.71. The van der Waals surface area contributed by atoms with E-state index in [2.05, 4.69) is 5.32 Å². The number of likely N-dealkylation sites (tertiary alicyclic amines) is 1. The fraction of sp³-hybridized carbons (Fsp3) is 0.773. The molecule has 1 saturated heterocycles. The number of aliphatic carboxylic acids is 1. The van der Waals surface area contributed by atoms with Gasteiger partial charge >= 0.3 is 5.97 Å². The number of nitrogens with zero attached hydrogens (tertiary/aromatic N) is 2. The van der Waals surface area contributed by atoms with E-state index in [0.717, 1.165) is 25.8 Å². The number of amides is 2. The first-order valence-corrected chi connectivity index (χ1v) is 10.5. The molecule has 2 amide bonds. The minimum atomic E-state index is -1.00. The zero-order valence-electron chi connectivity index (χ0n) is 19.3. The van der Waals surface area contributed by atoms with E-state index in [1.165, 1.54) is 6.92 Å². The quantitative estimate of drug-likeness (QED) is 0.631. The van der Waals surface area contributed by atoms with Crippen LogP contribution in [0.15, 0.2) is 11.6 Å². The first kappa shape index (κ1) is 25.1. The van der Waals surface area contributed by atoms with Crippen LogP contribution in [-0.2, 0) is 14.4 Å². The molecule has 0 aromatic carbocycles. The van der Waals surface area contributed by atoms with E-state index >= 15 is 0 Å². The molecule has 7 nitrogen and oxygen atoms in total. The molecule has 3 atom stereocenters. The van der Waals surface area contributed by atoms with Gasteiger partial charge in [-0.3, -0.25) is 14.5 Å². The Hall–Kier alpha value is -1.89. The van der Waals surface area contributed by atoms with Crippen molar-refractivity contribution in [3.63, 3.8) is 0 Å². The standard InChI is InChI=1S/C22H39N3O4/c1-14(2)17(13-15(3)21(28)29)25(8)20(27)18(22(4,5)6)23-19(26)16-11-9-10-12-24(16)7/h13-14,16-18H,9-12H2,1-8H3,(H,23,26)(H,28,29)/t16-,17?,18+/m0/s1. The van der Waals surface area contributed by atoms with E-state index in [-0.39, 0.29) is 35.4 Å². The lowest BCUT2D eigenvalue weighted by Crippen LogP contribution is -2.59. The number of rotatable bonds is 7. The Bertz CT molecular complexity index is 636. The molecule has 0 spiro atoms. The molecule has 1 heterocycles. The Morgan fingerprint density at radius 1 is 1.21 bits per heavy atom. The summed E-state index contributed by atoms with van der Waals surface area (Å²) >= 11 is 0. The van der Waals surface area contributed by atoms with Gasteiger partial charge in [-0.05, 0) is 44.7 Å². The molecule has 1 aliphatic heterocycles. The van der Waals surface area contributed by atoms with Gasteiger partial charge < -0.3 is 15.3 Å². The zero-order valence-corrected chi connectivity index (χ0v) is 19.3. The van der Waals surface area contributed by atoms with Gasteiger partial charge in [0.25, 0.3) is 0 Å². The summed E-state index contributed by atoms with van der Waals surface area (Å²) in [4.78, 5) is 41.2. The number of carboxylic acid groups (broad SMARTS) is 1. The van der Waals surface area contributed by atoms with E-state index in [1.807, 2.05) is 46.6 Å². The summed E-state index contributed by atoms with van der Waals surface area (Å²) in [5, 5.41) is 12.2. The molecular formula is C22H39N3O4. The maximum Gasteiger partial charge on any atom is 0.331 e. The van der Waals surface area contributed by atoms with Crippen molar-refractivity contribution in [2.75, 3.05) is 20.6 Å². The van der Waals surface area contributed by atoms with Crippen LogP contribution in [0.4, 0.5) is 0 Å². The molecule has 1 aliphatic rings. The first-order chi connectivity index (χ1) is 13.3. The Morgan fingerprint density at radius 3 is 2.24 bits per heavy atom. The van der Waals surface area contributed by atoms with Crippen LogP contribution in [-0.4, -0.2) is 71.5 Å². The second-order valence-corrected chi connectivity index (χ2v) is 9.64. The van der Waals surface area contributed by atoms with Gasteiger partial charge in [-0.25, -0.2) is 4.79 Å². The smallest absolute Gasteiger partial charge is 0.331 e. The van der Waals surface area contributed by atoms with Crippen molar-refractivity contribution < 1.29 is 19.5 Å². The Morgan fingerprint density at radius 2 is 1.79 bits per heavy atom. The number of likely N-dealkylation sites (N-methyl/N-ethyl adjacent to an activating group) is 2. The Labute approximate surface area is 175 Å². The number of carboxylic acids is 1. The van der Waals surface area contributed by atoms with Gasteiger partial charge in [0.05, 0.1) is 12.1 Å². The van der Waals surface area contributed by atoms with Crippen LogP contribution in [0.5, 0.6) is 0 Å². The third kappa shape index (κ3) is 6.84. The van der Waals surface area contributed by atoms with E-state index in [9.17, 15) is 19.5 Å². The van der Waals surface area contributed by atoms with Crippen molar-refractivity contribution in [2.45, 2.75) is 78.9 Å². The van der Waals surface area contributed by atoms with Crippen LogP contribution in [0, 0.1) is 11.3 Å². The summed E-state index contributed by atoms with van der Waals surface area (Å²) in [6.07, 6.45) is 4.49. The van der Waals surface area contributed by atoms with Gasteiger partial charge in [0.2, 0.25) is 11.8 Å². The van der Waals surface area contributed by atoms with Crippen LogP contribution >= 0.6 is 0 Å². The molecule has 2 N–H and O–H groups in total. The molecule has 1 fully saturated rings. The molecule has 1 rings (SSSR count). The lowest BCUT2D eigenvalue weighted by molar-refractivity contribution is -0.141. The predicted molar refractivity (Wildman–Crippen MR) is 114 cm³/mol. The molecule has 0 aromatic heterocycles. The molecule has 1 unspecified atom stereocenters. The van der Waals surface area contributed by atoms with Gasteiger partial charge in [-0.2, -0.15) is 0 Å². The molecule has 0 saturated carbocycles. The van der Waals surface area contributed by atoms with Crippen molar-refractivity contribution in [2.24, 2.45) is 11.3 Å². The van der Waals surface area contributed by atoms with Crippen molar-refractivity contribution >= 4 is 17.8 Å². The molecule has 7 heteroatoms. The third-order valence-corrected chi connectivity index (χ3v) is 5.71. The summed E-state index contributed by atoms with van der Waals surface area (Å²) in [7, 11) is 3.62. The van der Waals surface area contributed by atoms with Gasteiger partial charge in [0, 0.05) is 12.6 Å². The van der Waals surface area contributed by atoms with E-state index in [4.69, 9.17) is 0 Å². The van der Waals surface area contributed by atoms with Gasteiger partial charge in [0.15, 0.2) is 0 Å². The number of hydrogen-bond donors (Lipinski definition) is 2. The highest BCUT2D eigenvalue weighted by Gasteiger charge is 2.39. The molecular weight excluding hydrogens is 370 g/mol. The highest BCUT2D eigenvalue weighted by atomic mass is 16.4. The second-order valence-electron chi connectivity index (χ2n) is 9.64. The van der Waals surface area contributed by atoms with Crippen LogP contribution in [0.3, 0.4) is 0 Å². The average Bonchev–Trinajstić information content (AvgIpc) is 2.61. The number of carbonyl (C=O) groups excluding carboxylic acids is 2. The molecule has 0 aliphatic carbocycles. The van der Waals surface area contributed by atoms with Crippen molar-refractivity contribution in [3.8, 4) is 0 Å². The SMILES string of the molecule is CC(=CC(C(C)C)N(C)C(=O)[C@@H](NC(=O)[C@@H]1CCCCN1C)C(C)(C)C)C(=O)O. The van der Waals surface area contributed by atoms with Gasteiger partial charge in [-0.1, -0.05) is 47.1 Å². The van der Waals surface area contributed by atoms with Crippen molar-refractivity contribution in [1.29, 1.82) is 0 Å². The van der Waals surface area contributed by atoms with Crippen LogP contribution in [0.1, 0.15) is 60.8 Å². The minimum Gasteiger partial charge on any atom is -0.478 e.